The largest absolute Gasteiger partial charge is 0.497 e. The molecule has 5 heteroatoms. The monoisotopic (exact) mass is 414 g/mol. The smallest absolute Gasteiger partial charge is 0.250 e. The topological polar surface area (TPSA) is 50.8 Å². The lowest BCUT2D eigenvalue weighted by Gasteiger charge is -2.26. The number of hydrogen-bond acceptors (Lipinski definition) is 4. The van der Waals surface area contributed by atoms with Crippen molar-refractivity contribution in [2.75, 3.05) is 17.5 Å². The first kappa shape index (κ1) is 19.6. The van der Waals surface area contributed by atoms with E-state index in [4.69, 9.17) is 9.57 Å². The third-order valence-corrected chi connectivity index (χ3v) is 6.34. The predicted molar refractivity (Wildman–Crippen MR) is 121 cm³/mol. The minimum Gasteiger partial charge on any atom is -0.497 e. The Morgan fingerprint density at radius 3 is 2.29 bits per heavy atom. The number of methoxy groups -OCH3 is 1. The molecule has 0 radical (unpaired) electrons. The number of aryl methyl sites for hydroxylation is 1. The quantitative estimate of drug-likeness (QED) is 0.617. The molecule has 1 aliphatic heterocycles. The van der Waals surface area contributed by atoms with Crippen LogP contribution in [0.3, 0.4) is 0 Å². The molecule has 1 aliphatic carbocycles. The van der Waals surface area contributed by atoms with Gasteiger partial charge in [0.1, 0.15) is 17.9 Å². The number of hydrogen-bond donors (Lipinski definition) is 1. The van der Waals surface area contributed by atoms with E-state index >= 15 is 0 Å². The first-order valence-corrected chi connectivity index (χ1v) is 10.6. The Kier molecular flexibility index (Phi) is 4.91. The molecule has 3 aromatic carbocycles. The number of ether oxygens (including phenoxy) is 1. The van der Waals surface area contributed by atoms with Crippen molar-refractivity contribution in [1.29, 1.82) is 0 Å². The first-order valence-electron chi connectivity index (χ1n) is 10.6. The number of anilines is 2. The van der Waals surface area contributed by atoms with Gasteiger partial charge in [0.25, 0.3) is 0 Å². The van der Waals surface area contributed by atoms with E-state index in [1.165, 1.54) is 0 Å². The SMILES string of the molecule is COc1ccc(N2O[C@H](c3ccccc3)C3(CC3)[C@@H]2C(=O)Nc2ccc(C)cc2)cc1. The molecule has 1 N–H and O–H groups in total. The van der Waals surface area contributed by atoms with Gasteiger partial charge in [-0.25, -0.2) is 5.06 Å². The van der Waals surface area contributed by atoms with Gasteiger partial charge in [-0.2, -0.15) is 0 Å². The van der Waals surface area contributed by atoms with Gasteiger partial charge in [0.15, 0.2) is 0 Å². The molecule has 1 spiro atoms. The van der Waals surface area contributed by atoms with E-state index in [2.05, 4.69) is 17.4 Å². The number of nitrogens with zero attached hydrogens (tertiary/aromatic N) is 1. The Balaban J connectivity index is 1.51. The molecule has 2 atom stereocenters. The predicted octanol–water partition coefficient (Wildman–Crippen LogP) is 5.28. The van der Waals surface area contributed by atoms with Crippen molar-refractivity contribution in [3.05, 3.63) is 90.0 Å². The molecular weight excluding hydrogens is 388 g/mol. The number of carbonyl (C=O) groups excluding carboxylic acids is 1. The van der Waals surface area contributed by atoms with Gasteiger partial charge < -0.3 is 10.1 Å². The molecule has 1 saturated carbocycles. The summed E-state index contributed by atoms with van der Waals surface area (Å²) in [6.45, 7) is 2.03. The normalized spacial score (nSPS) is 21.2. The second-order valence-electron chi connectivity index (χ2n) is 8.41. The molecular formula is C26H26N2O3. The molecule has 0 unspecified atom stereocenters. The zero-order valence-electron chi connectivity index (χ0n) is 17.7. The molecule has 2 aliphatic rings. The van der Waals surface area contributed by atoms with Crippen LogP contribution in [0.15, 0.2) is 78.9 Å². The van der Waals surface area contributed by atoms with Gasteiger partial charge in [-0.3, -0.25) is 9.63 Å². The van der Waals surface area contributed by atoms with Crippen LogP contribution in [0.25, 0.3) is 0 Å². The van der Waals surface area contributed by atoms with Crippen LogP contribution in [0.2, 0.25) is 0 Å². The fourth-order valence-corrected chi connectivity index (χ4v) is 4.51. The minimum absolute atomic E-state index is 0.0457. The number of amides is 1. The molecule has 0 bridgehead atoms. The summed E-state index contributed by atoms with van der Waals surface area (Å²) in [5.41, 5.74) is 3.66. The highest BCUT2D eigenvalue weighted by atomic mass is 16.7. The Labute approximate surface area is 182 Å². The number of hydroxylamine groups is 1. The molecule has 2 fully saturated rings. The Morgan fingerprint density at radius 2 is 1.68 bits per heavy atom. The average molecular weight is 415 g/mol. The Hall–Kier alpha value is -3.31. The van der Waals surface area contributed by atoms with Gasteiger partial charge in [0, 0.05) is 11.1 Å². The van der Waals surface area contributed by atoms with E-state index in [1.807, 2.05) is 73.7 Å². The van der Waals surface area contributed by atoms with Crippen LogP contribution in [0.5, 0.6) is 5.75 Å². The summed E-state index contributed by atoms with van der Waals surface area (Å²) in [7, 11) is 1.64. The highest BCUT2D eigenvalue weighted by Crippen LogP contribution is 2.65. The third-order valence-electron chi connectivity index (χ3n) is 6.34. The Morgan fingerprint density at radius 1 is 1.00 bits per heavy atom. The van der Waals surface area contributed by atoms with Crippen LogP contribution in [0.1, 0.15) is 30.1 Å². The molecule has 5 nitrogen and oxygen atoms in total. The van der Waals surface area contributed by atoms with E-state index in [0.717, 1.165) is 41.1 Å². The summed E-state index contributed by atoms with van der Waals surface area (Å²) < 4.78 is 5.30. The van der Waals surface area contributed by atoms with Crippen molar-refractivity contribution in [3.63, 3.8) is 0 Å². The molecule has 5 rings (SSSR count). The highest BCUT2D eigenvalue weighted by molar-refractivity contribution is 5.98. The maximum absolute atomic E-state index is 13.6. The van der Waals surface area contributed by atoms with Crippen molar-refractivity contribution in [1.82, 2.24) is 0 Å². The maximum atomic E-state index is 13.6. The third kappa shape index (κ3) is 3.55. The lowest BCUT2D eigenvalue weighted by molar-refractivity contribution is -0.118. The fraction of sp³-hybridized carbons (Fsp3) is 0.269. The number of nitrogens with one attached hydrogen (secondary N) is 1. The second kappa shape index (κ2) is 7.75. The minimum atomic E-state index is -0.424. The van der Waals surface area contributed by atoms with E-state index in [0.29, 0.717) is 0 Å². The van der Waals surface area contributed by atoms with Crippen LogP contribution < -0.4 is 15.1 Å². The molecule has 31 heavy (non-hydrogen) atoms. The van der Waals surface area contributed by atoms with Gasteiger partial charge in [-0.05, 0) is 61.7 Å². The van der Waals surface area contributed by atoms with Crippen molar-refractivity contribution >= 4 is 17.3 Å². The number of benzene rings is 3. The molecule has 158 valence electrons. The summed E-state index contributed by atoms with van der Waals surface area (Å²) in [4.78, 5) is 20.1. The van der Waals surface area contributed by atoms with E-state index in [-0.39, 0.29) is 17.4 Å². The summed E-state index contributed by atoms with van der Waals surface area (Å²) in [6, 6.07) is 25.3. The van der Waals surface area contributed by atoms with Crippen molar-refractivity contribution in [2.45, 2.75) is 31.9 Å². The lowest BCUT2D eigenvalue weighted by atomic mass is 9.86. The first-order chi connectivity index (χ1) is 15.1. The lowest BCUT2D eigenvalue weighted by Crippen LogP contribution is -2.43. The van der Waals surface area contributed by atoms with Crippen LogP contribution in [0, 0.1) is 12.3 Å². The van der Waals surface area contributed by atoms with Crippen molar-refractivity contribution < 1.29 is 14.4 Å². The van der Waals surface area contributed by atoms with Gasteiger partial charge >= 0.3 is 0 Å². The summed E-state index contributed by atoms with van der Waals surface area (Å²) in [5, 5.41) is 4.91. The van der Waals surface area contributed by atoms with Gasteiger partial charge in [0.05, 0.1) is 12.8 Å². The van der Waals surface area contributed by atoms with E-state index in [1.54, 1.807) is 12.2 Å². The summed E-state index contributed by atoms with van der Waals surface area (Å²) in [6.07, 6.45) is 1.74. The summed E-state index contributed by atoms with van der Waals surface area (Å²) >= 11 is 0. The molecule has 1 amide bonds. The zero-order valence-corrected chi connectivity index (χ0v) is 17.7. The highest BCUT2D eigenvalue weighted by Gasteiger charge is 2.66. The van der Waals surface area contributed by atoms with Crippen molar-refractivity contribution in [2.24, 2.45) is 5.41 Å². The standard InChI is InChI=1S/C26H26N2O3/c1-18-8-10-20(11-9-18)27-25(29)23-26(16-17-26)24(19-6-4-3-5-7-19)31-28(23)21-12-14-22(30-2)15-13-21/h3-15,23-24H,16-17H2,1-2H3,(H,27,29)/t23-,24+/m0/s1. The van der Waals surface area contributed by atoms with Gasteiger partial charge in [0.2, 0.25) is 5.91 Å². The molecule has 1 heterocycles. The van der Waals surface area contributed by atoms with Crippen LogP contribution in [-0.2, 0) is 9.63 Å². The van der Waals surface area contributed by atoms with E-state index in [9.17, 15) is 4.79 Å². The van der Waals surface area contributed by atoms with Crippen LogP contribution in [0.4, 0.5) is 11.4 Å². The van der Waals surface area contributed by atoms with Crippen LogP contribution in [-0.4, -0.2) is 19.1 Å². The van der Waals surface area contributed by atoms with Crippen molar-refractivity contribution in [3.8, 4) is 5.75 Å². The van der Waals surface area contributed by atoms with Crippen LogP contribution >= 0.6 is 0 Å². The average Bonchev–Trinajstić information content (AvgIpc) is 3.51. The fourth-order valence-electron chi connectivity index (χ4n) is 4.51. The zero-order chi connectivity index (χ0) is 21.4. The number of rotatable bonds is 5. The Bertz CT molecular complexity index is 1060. The van der Waals surface area contributed by atoms with E-state index < -0.39 is 6.04 Å². The maximum Gasteiger partial charge on any atom is 0.250 e. The molecule has 3 aromatic rings. The van der Waals surface area contributed by atoms with Gasteiger partial charge in [-0.1, -0.05) is 48.0 Å². The van der Waals surface area contributed by atoms with Gasteiger partial charge in [-0.15, -0.1) is 0 Å². The molecule has 1 saturated heterocycles. The number of carbonyl (C=O) groups is 1. The summed E-state index contributed by atoms with van der Waals surface area (Å²) in [5.74, 6) is 0.722. The molecule has 0 aromatic heterocycles. The second-order valence-corrected chi connectivity index (χ2v) is 8.41.